The van der Waals surface area contributed by atoms with Gasteiger partial charge >= 0.3 is 6.09 Å². The second-order valence-corrected chi connectivity index (χ2v) is 7.80. The molecule has 1 saturated carbocycles. The molecule has 2 amide bonds. The van der Waals surface area contributed by atoms with Crippen molar-refractivity contribution in [1.29, 1.82) is 0 Å². The first kappa shape index (κ1) is 17.2. The summed E-state index contributed by atoms with van der Waals surface area (Å²) in [5.74, 6) is 0.832. The predicted molar refractivity (Wildman–Crippen MR) is 95.9 cm³/mol. The molecule has 3 aliphatic rings. The molecule has 2 aliphatic heterocycles. The summed E-state index contributed by atoms with van der Waals surface area (Å²) < 4.78 is 5.76. The van der Waals surface area contributed by atoms with Gasteiger partial charge in [-0.3, -0.25) is 14.7 Å². The zero-order chi connectivity index (χ0) is 18.1. The lowest BCUT2D eigenvalue weighted by Gasteiger charge is -2.32. The van der Waals surface area contributed by atoms with E-state index in [1.165, 1.54) is 6.42 Å². The Morgan fingerprint density at radius 2 is 2.04 bits per heavy atom. The fourth-order valence-corrected chi connectivity index (χ4v) is 4.46. The summed E-state index contributed by atoms with van der Waals surface area (Å²) in [5, 5.41) is 0. The molecule has 1 aromatic heterocycles. The first-order valence-corrected chi connectivity index (χ1v) is 9.64. The molecule has 1 aromatic rings. The van der Waals surface area contributed by atoms with Gasteiger partial charge in [0.15, 0.2) is 5.82 Å². The van der Waals surface area contributed by atoms with Gasteiger partial charge in [-0.05, 0) is 38.5 Å². The summed E-state index contributed by atoms with van der Waals surface area (Å²) in [4.78, 5) is 36.7. The molecule has 1 atom stereocenters. The fourth-order valence-electron chi connectivity index (χ4n) is 4.46. The molecule has 2 saturated heterocycles. The van der Waals surface area contributed by atoms with Crippen LogP contribution >= 0.6 is 0 Å². The Balaban J connectivity index is 1.52. The van der Waals surface area contributed by atoms with Crippen LogP contribution in [0.5, 0.6) is 0 Å². The van der Waals surface area contributed by atoms with Gasteiger partial charge in [-0.25, -0.2) is 9.78 Å². The first-order valence-electron chi connectivity index (χ1n) is 9.64. The van der Waals surface area contributed by atoms with Crippen LogP contribution in [0.4, 0.5) is 10.6 Å². The van der Waals surface area contributed by atoms with Crippen molar-refractivity contribution in [3.8, 4) is 0 Å². The van der Waals surface area contributed by atoms with E-state index in [0.717, 1.165) is 50.8 Å². The number of likely N-dealkylation sites (tertiary alicyclic amines) is 1. The third-order valence-electron chi connectivity index (χ3n) is 5.94. The van der Waals surface area contributed by atoms with Crippen molar-refractivity contribution in [2.24, 2.45) is 0 Å². The first-order chi connectivity index (χ1) is 12.6. The Morgan fingerprint density at radius 1 is 1.23 bits per heavy atom. The molecule has 26 heavy (non-hydrogen) atoms. The van der Waals surface area contributed by atoms with E-state index in [-0.39, 0.29) is 23.5 Å². The molecule has 3 heterocycles. The van der Waals surface area contributed by atoms with Crippen LogP contribution in [-0.4, -0.2) is 52.1 Å². The normalized spacial score (nSPS) is 25.4. The van der Waals surface area contributed by atoms with E-state index in [1.807, 2.05) is 4.90 Å². The number of nitrogens with zero attached hydrogens (tertiary/aromatic N) is 4. The summed E-state index contributed by atoms with van der Waals surface area (Å²) in [7, 11) is 0. The van der Waals surface area contributed by atoms with Crippen LogP contribution in [-0.2, 0) is 9.53 Å². The quantitative estimate of drug-likeness (QED) is 0.812. The smallest absolute Gasteiger partial charge is 0.416 e. The molecule has 4 rings (SSSR count). The number of hydrogen-bond donors (Lipinski definition) is 0. The molecular weight excluding hydrogens is 332 g/mol. The number of carbonyl (C=O) groups is 2. The van der Waals surface area contributed by atoms with Gasteiger partial charge < -0.3 is 9.64 Å². The molecule has 0 aromatic carbocycles. The van der Waals surface area contributed by atoms with Gasteiger partial charge in [0.25, 0.3) is 0 Å². The maximum Gasteiger partial charge on any atom is 0.416 e. The zero-order valence-electron chi connectivity index (χ0n) is 15.3. The highest BCUT2D eigenvalue weighted by Crippen LogP contribution is 2.38. The molecule has 3 fully saturated rings. The Morgan fingerprint density at radius 3 is 2.81 bits per heavy atom. The number of ether oxygens (including phenoxy) is 1. The minimum atomic E-state index is -0.344. The van der Waals surface area contributed by atoms with Gasteiger partial charge in [0, 0.05) is 32.1 Å². The Labute approximate surface area is 153 Å². The lowest BCUT2D eigenvalue weighted by Crippen LogP contribution is -2.38. The number of anilines is 1. The molecule has 0 radical (unpaired) electrons. The van der Waals surface area contributed by atoms with Crippen LogP contribution < -0.4 is 4.90 Å². The highest BCUT2D eigenvalue weighted by molar-refractivity contribution is 5.89. The average molecular weight is 358 g/mol. The van der Waals surface area contributed by atoms with Crippen LogP contribution in [0.15, 0.2) is 12.4 Å². The fraction of sp³-hybridized carbons (Fsp3) is 0.684. The summed E-state index contributed by atoms with van der Waals surface area (Å²) in [5.41, 5.74) is 0.509. The van der Waals surface area contributed by atoms with Gasteiger partial charge in [-0.15, -0.1) is 0 Å². The minimum Gasteiger partial charge on any atom is -0.441 e. The third-order valence-corrected chi connectivity index (χ3v) is 5.94. The number of aromatic nitrogens is 2. The Hall–Kier alpha value is -2.18. The van der Waals surface area contributed by atoms with Crippen LogP contribution in [0.2, 0.25) is 0 Å². The van der Waals surface area contributed by atoms with Crippen LogP contribution in [0.3, 0.4) is 0 Å². The molecule has 140 valence electrons. The predicted octanol–water partition coefficient (Wildman–Crippen LogP) is 2.86. The van der Waals surface area contributed by atoms with Crippen molar-refractivity contribution in [1.82, 2.24) is 14.9 Å². The molecule has 0 N–H and O–H groups in total. The molecule has 7 heteroatoms. The number of rotatable bonds is 2. The summed E-state index contributed by atoms with van der Waals surface area (Å²) >= 11 is 0. The van der Waals surface area contributed by atoms with Gasteiger partial charge in [0.1, 0.15) is 5.60 Å². The molecule has 1 unspecified atom stereocenters. The summed E-state index contributed by atoms with van der Waals surface area (Å²) in [6.45, 7) is 3.64. The highest BCUT2D eigenvalue weighted by atomic mass is 16.6. The number of piperidine rings is 1. The van der Waals surface area contributed by atoms with E-state index in [1.54, 1.807) is 24.2 Å². The number of hydrogen-bond acceptors (Lipinski definition) is 5. The van der Waals surface area contributed by atoms with Crippen molar-refractivity contribution < 1.29 is 14.3 Å². The molecule has 1 spiro atoms. The van der Waals surface area contributed by atoms with Gasteiger partial charge in [0.2, 0.25) is 5.91 Å². The van der Waals surface area contributed by atoms with E-state index < -0.39 is 0 Å². The van der Waals surface area contributed by atoms with E-state index in [4.69, 9.17) is 9.72 Å². The van der Waals surface area contributed by atoms with E-state index in [0.29, 0.717) is 18.9 Å². The topological polar surface area (TPSA) is 75.6 Å². The average Bonchev–Trinajstić information content (AvgIpc) is 2.98. The standard InChI is InChI=1S/C19H26N4O3/c1-14(24)22-9-5-6-15(12-22)16-10-20-11-17(21-16)23-13-19(26-18(23)25)7-3-2-4-8-19/h10-11,15H,2-9,12-13H2,1H3. The summed E-state index contributed by atoms with van der Waals surface area (Å²) in [6.07, 6.45) is 10.3. The highest BCUT2D eigenvalue weighted by Gasteiger charge is 2.46. The molecular formula is C19H26N4O3. The monoisotopic (exact) mass is 358 g/mol. The largest absolute Gasteiger partial charge is 0.441 e. The van der Waals surface area contributed by atoms with Crippen LogP contribution in [0, 0.1) is 0 Å². The maximum absolute atomic E-state index is 12.5. The Kier molecular flexibility index (Phi) is 4.54. The Bertz CT molecular complexity index is 702. The zero-order valence-corrected chi connectivity index (χ0v) is 15.3. The second-order valence-electron chi connectivity index (χ2n) is 7.80. The van der Waals surface area contributed by atoms with E-state index in [9.17, 15) is 9.59 Å². The minimum absolute atomic E-state index is 0.0983. The van der Waals surface area contributed by atoms with Crippen molar-refractivity contribution in [3.63, 3.8) is 0 Å². The lowest BCUT2D eigenvalue weighted by molar-refractivity contribution is -0.130. The maximum atomic E-state index is 12.5. The molecule has 1 aliphatic carbocycles. The van der Waals surface area contributed by atoms with Gasteiger partial charge in [-0.2, -0.15) is 0 Å². The van der Waals surface area contributed by atoms with E-state index >= 15 is 0 Å². The van der Waals surface area contributed by atoms with Gasteiger partial charge in [-0.1, -0.05) is 6.42 Å². The van der Waals surface area contributed by atoms with Crippen molar-refractivity contribution in [2.75, 3.05) is 24.5 Å². The van der Waals surface area contributed by atoms with Gasteiger partial charge in [0.05, 0.1) is 18.4 Å². The van der Waals surface area contributed by atoms with E-state index in [2.05, 4.69) is 4.98 Å². The second kappa shape index (κ2) is 6.85. The van der Waals surface area contributed by atoms with Crippen LogP contribution in [0.1, 0.15) is 63.5 Å². The summed E-state index contributed by atoms with van der Waals surface area (Å²) in [6, 6.07) is 0. The van der Waals surface area contributed by atoms with Crippen LogP contribution in [0.25, 0.3) is 0 Å². The number of carbonyl (C=O) groups excluding carboxylic acids is 2. The molecule has 7 nitrogen and oxygen atoms in total. The SMILES string of the molecule is CC(=O)N1CCCC(c2cncc(N3CC4(CCCCC4)OC3=O)n2)C1. The van der Waals surface area contributed by atoms with Crippen molar-refractivity contribution >= 4 is 17.8 Å². The van der Waals surface area contributed by atoms with Crippen molar-refractivity contribution in [3.05, 3.63) is 18.1 Å². The third kappa shape index (κ3) is 3.27. The number of amides is 2. The lowest BCUT2D eigenvalue weighted by atomic mass is 9.85. The molecule has 0 bridgehead atoms. The van der Waals surface area contributed by atoms with Crippen molar-refractivity contribution in [2.45, 2.75) is 63.4 Å².